The summed E-state index contributed by atoms with van der Waals surface area (Å²) in [6, 6.07) is 17.2. The molecule has 2 heterocycles. The molecule has 1 N–H and O–H groups in total. The summed E-state index contributed by atoms with van der Waals surface area (Å²) in [4.78, 5) is 7.07. The molecule has 1 fully saturated rings. The van der Waals surface area contributed by atoms with Gasteiger partial charge in [0.05, 0.1) is 24.0 Å². The number of pyridine rings is 1. The normalized spacial score (nSPS) is 15.0. The highest BCUT2D eigenvalue weighted by atomic mass is 16.5. The summed E-state index contributed by atoms with van der Waals surface area (Å²) in [7, 11) is 0. The number of ether oxygens (including phenoxy) is 2. The van der Waals surface area contributed by atoms with E-state index in [0.29, 0.717) is 19.3 Å². The van der Waals surface area contributed by atoms with Crippen molar-refractivity contribution in [2.75, 3.05) is 31.6 Å². The number of anilines is 1. The van der Waals surface area contributed by atoms with Crippen LogP contribution in [-0.2, 0) is 6.54 Å². The lowest BCUT2D eigenvalue weighted by Gasteiger charge is -2.33. The summed E-state index contributed by atoms with van der Waals surface area (Å²) in [5.74, 6) is 1.58. The molecule has 2 aromatic carbocycles. The second-order valence-electron chi connectivity index (χ2n) is 7.93. The maximum Gasteiger partial charge on any atom is 0.161 e. The van der Waals surface area contributed by atoms with Crippen molar-refractivity contribution >= 4 is 16.6 Å². The zero-order valence-corrected chi connectivity index (χ0v) is 18.2. The summed E-state index contributed by atoms with van der Waals surface area (Å²) < 4.78 is 11.5. The molecule has 3 aromatic rings. The summed E-state index contributed by atoms with van der Waals surface area (Å²) in [6.45, 7) is 9.86. The highest BCUT2D eigenvalue weighted by Crippen LogP contribution is 2.29. The van der Waals surface area contributed by atoms with E-state index in [1.54, 1.807) is 6.08 Å². The number of benzene rings is 2. The molecule has 0 bridgehead atoms. The molecule has 0 radical (unpaired) electrons. The SMILES string of the molecule is C=CCOc1ccc(CN2CCC(Nc3cnc4ccccc4c3)CC2)cc1OCC. The molecule has 0 aliphatic carbocycles. The van der Waals surface area contributed by atoms with Crippen LogP contribution in [0, 0.1) is 0 Å². The molecule has 0 spiro atoms. The molecule has 1 aliphatic heterocycles. The Kier molecular flexibility index (Phi) is 7.05. The van der Waals surface area contributed by atoms with Gasteiger partial charge in [0.25, 0.3) is 0 Å². The monoisotopic (exact) mass is 417 g/mol. The highest BCUT2D eigenvalue weighted by molar-refractivity contribution is 5.81. The van der Waals surface area contributed by atoms with E-state index in [0.717, 1.165) is 55.2 Å². The number of para-hydroxylation sites is 1. The van der Waals surface area contributed by atoms with Crippen LogP contribution >= 0.6 is 0 Å². The number of piperidine rings is 1. The molecule has 0 atom stereocenters. The van der Waals surface area contributed by atoms with Gasteiger partial charge in [-0.05, 0) is 49.6 Å². The van der Waals surface area contributed by atoms with Gasteiger partial charge in [-0.25, -0.2) is 0 Å². The Morgan fingerprint density at radius 1 is 1.10 bits per heavy atom. The van der Waals surface area contributed by atoms with E-state index in [1.165, 1.54) is 10.9 Å². The lowest BCUT2D eigenvalue weighted by Crippen LogP contribution is -2.38. The van der Waals surface area contributed by atoms with Crippen molar-refractivity contribution in [2.45, 2.75) is 32.4 Å². The molecule has 5 nitrogen and oxygen atoms in total. The van der Waals surface area contributed by atoms with Crippen LogP contribution in [0.2, 0.25) is 0 Å². The zero-order chi connectivity index (χ0) is 21.5. The Hall–Kier alpha value is -3.05. The van der Waals surface area contributed by atoms with Gasteiger partial charge in [0, 0.05) is 31.1 Å². The first-order chi connectivity index (χ1) is 15.2. The topological polar surface area (TPSA) is 46.6 Å². The van der Waals surface area contributed by atoms with Gasteiger partial charge in [0.15, 0.2) is 11.5 Å². The average Bonchev–Trinajstić information content (AvgIpc) is 2.80. The highest BCUT2D eigenvalue weighted by Gasteiger charge is 2.20. The molecule has 5 heteroatoms. The van der Waals surface area contributed by atoms with E-state index in [9.17, 15) is 0 Å². The van der Waals surface area contributed by atoms with Gasteiger partial charge in [-0.15, -0.1) is 0 Å². The molecule has 1 aromatic heterocycles. The molecular weight excluding hydrogens is 386 g/mol. The lowest BCUT2D eigenvalue weighted by atomic mass is 10.0. The summed E-state index contributed by atoms with van der Waals surface area (Å²) in [6.07, 6.45) is 5.92. The number of nitrogens with zero attached hydrogens (tertiary/aromatic N) is 2. The van der Waals surface area contributed by atoms with E-state index in [-0.39, 0.29) is 0 Å². The Morgan fingerprint density at radius 2 is 1.94 bits per heavy atom. The van der Waals surface area contributed by atoms with Gasteiger partial charge < -0.3 is 14.8 Å². The summed E-state index contributed by atoms with van der Waals surface area (Å²) in [5.41, 5.74) is 3.39. The van der Waals surface area contributed by atoms with Crippen molar-refractivity contribution in [3.8, 4) is 11.5 Å². The standard InChI is InChI=1S/C26H31N3O2/c1-3-15-31-25-10-9-20(16-26(25)30-4-2)19-29-13-11-22(12-14-29)28-23-17-21-7-5-6-8-24(21)27-18-23/h3,5-10,16-18,22,28H,1,4,11-15,19H2,2H3. The van der Waals surface area contributed by atoms with Crippen LogP contribution in [0.4, 0.5) is 5.69 Å². The number of likely N-dealkylation sites (tertiary alicyclic amines) is 1. The van der Waals surface area contributed by atoms with Crippen LogP contribution in [0.1, 0.15) is 25.3 Å². The number of aromatic nitrogens is 1. The molecule has 0 unspecified atom stereocenters. The van der Waals surface area contributed by atoms with Crippen molar-refractivity contribution in [3.05, 3.63) is 72.9 Å². The Bertz CT molecular complexity index is 1010. The van der Waals surface area contributed by atoms with E-state index in [1.807, 2.05) is 31.3 Å². The minimum absolute atomic E-state index is 0.479. The minimum Gasteiger partial charge on any atom is -0.490 e. The van der Waals surface area contributed by atoms with E-state index in [2.05, 4.69) is 52.1 Å². The van der Waals surface area contributed by atoms with Crippen LogP contribution in [0.5, 0.6) is 11.5 Å². The quantitative estimate of drug-likeness (QED) is 0.480. The van der Waals surface area contributed by atoms with Crippen molar-refractivity contribution in [3.63, 3.8) is 0 Å². The summed E-state index contributed by atoms with van der Waals surface area (Å²) in [5, 5.41) is 4.85. The van der Waals surface area contributed by atoms with Gasteiger partial charge >= 0.3 is 0 Å². The van der Waals surface area contributed by atoms with Crippen molar-refractivity contribution in [1.29, 1.82) is 0 Å². The number of nitrogens with one attached hydrogen (secondary N) is 1. The number of hydrogen-bond donors (Lipinski definition) is 1. The molecule has 31 heavy (non-hydrogen) atoms. The first-order valence-electron chi connectivity index (χ1n) is 11.1. The van der Waals surface area contributed by atoms with Gasteiger partial charge in [-0.2, -0.15) is 0 Å². The van der Waals surface area contributed by atoms with Crippen LogP contribution < -0.4 is 14.8 Å². The number of hydrogen-bond acceptors (Lipinski definition) is 5. The second-order valence-corrected chi connectivity index (χ2v) is 7.93. The van der Waals surface area contributed by atoms with E-state index in [4.69, 9.17) is 9.47 Å². The second kappa shape index (κ2) is 10.3. The predicted octanol–water partition coefficient (Wildman–Crippen LogP) is 5.27. The molecular formula is C26H31N3O2. The van der Waals surface area contributed by atoms with Crippen LogP contribution in [0.15, 0.2) is 67.4 Å². The maximum atomic E-state index is 5.78. The average molecular weight is 418 g/mol. The fourth-order valence-corrected chi connectivity index (χ4v) is 4.07. The van der Waals surface area contributed by atoms with Crippen LogP contribution in [-0.4, -0.2) is 42.2 Å². The number of fused-ring (bicyclic) bond motifs is 1. The zero-order valence-electron chi connectivity index (χ0n) is 18.2. The molecule has 1 aliphatic rings. The lowest BCUT2D eigenvalue weighted by molar-refractivity contribution is 0.210. The third-order valence-electron chi connectivity index (χ3n) is 5.62. The predicted molar refractivity (Wildman–Crippen MR) is 127 cm³/mol. The fraction of sp³-hybridized carbons (Fsp3) is 0.346. The van der Waals surface area contributed by atoms with Gasteiger partial charge in [-0.3, -0.25) is 9.88 Å². The number of rotatable bonds is 9. The Balaban J connectivity index is 1.32. The molecule has 1 saturated heterocycles. The van der Waals surface area contributed by atoms with Crippen LogP contribution in [0.25, 0.3) is 10.9 Å². The van der Waals surface area contributed by atoms with Gasteiger partial charge in [0.1, 0.15) is 6.61 Å². The van der Waals surface area contributed by atoms with E-state index < -0.39 is 0 Å². The largest absolute Gasteiger partial charge is 0.490 e. The van der Waals surface area contributed by atoms with Crippen molar-refractivity contribution in [1.82, 2.24) is 9.88 Å². The fourth-order valence-electron chi connectivity index (χ4n) is 4.07. The molecule has 0 saturated carbocycles. The first-order valence-corrected chi connectivity index (χ1v) is 11.1. The third kappa shape index (κ3) is 5.56. The van der Waals surface area contributed by atoms with Crippen LogP contribution in [0.3, 0.4) is 0 Å². The van der Waals surface area contributed by atoms with Gasteiger partial charge in [-0.1, -0.05) is 36.9 Å². The van der Waals surface area contributed by atoms with Crippen molar-refractivity contribution < 1.29 is 9.47 Å². The molecule has 0 amide bonds. The van der Waals surface area contributed by atoms with Crippen molar-refractivity contribution in [2.24, 2.45) is 0 Å². The van der Waals surface area contributed by atoms with E-state index >= 15 is 0 Å². The molecule has 4 rings (SSSR count). The summed E-state index contributed by atoms with van der Waals surface area (Å²) >= 11 is 0. The minimum atomic E-state index is 0.479. The third-order valence-corrected chi connectivity index (χ3v) is 5.62. The van der Waals surface area contributed by atoms with Gasteiger partial charge in [0.2, 0.25) is 0 Å². The smallest absolute Gasteiger partial charge is 0.161 e. The first kappa shape index (κ1) is 21.2. The maximum absolute atomic E-state index is 5.78. The molecule has 162 valence electrons. The Morgan fingerprint density at radius 3 is 2.74 bits per heavy atom. The Labute approximate surface area is 184 Å².